The predicted molar refractivity (Wildman–Crippen MR) is 372 cm³/mol. The van der Waals surface area contributed by atoms with Crippen LogP contribution < -0.4 is 26.6 Å². The van der Waals surface area contributed by atoms with E-state index in [4.69, 9.17) is 0 Å². The SMILES string of the molecule is C#C.C=C(CCNc1ccc(C(C)=O)cc1)CC1C(=O)NCC(=O)N(C)CC(=O)N(C)/C(=C/C(C)C)C(=O)NC(=C(C)C)C(=O)N(C)CC(=O)NC(=C)C(=O)N[C@H](C)C(=O)N(C)/C(=C\C(C)C)C(=O)N(C)/C(=C\C(C)C)C(=O)N(C)CC(=O)N1C.CC.CC(C)C.CCC. The Kier molecular flexibility index (Phi) is 42.8. The van der Waals surface area contributed by atoms with E-state index >= 15 is 0 Å². The van der Waals surface area contributed by atoms with Gasteiger partial charge in [0.2, 0.25) is 35.4 Å². The van der Waals surface area contributed by atoms with Gasteiger partial charge in [0, 0.05) is 67.1 Å². The summed E-state index contributed by atoms with van der Waals surface area (Å²) in [7, 11) is 9.19. The maximum Gasteiger partial charge on any atom is 0.274 e. The summed E-state index contributed by atoms with van der Waals surface area (Å²) in [6.45, 7) is 36.8. The van der Waals surface area contributed by atoms with Crippen molar-refractivity contribution in [2.24, 2.45) is 23.7 Å². The van der Waals surface area contributed by atoms with Crippen molar-refractivity contribution >= 4 is 76.4 Å². The molecule has 1 heterocycles. The fourth-order valence-corrected chi connectivity index (χ4v) is 7.98. The number of carbonyl (C=O) groups is 12. The van der Waals surface area contributed by atoms with Gasteiger partial charge in [-0.25, -0.2) is 0 Å². The van der Waals surface area contributed by atoms with Crippen LogP contribution in [0, 0.1) is 36.5 Å². The monoisotopic (exact) mass is 1310 g/mol. The third kappa shape index (κ3) is 31.9. The van der Waals surface area contributed by atoms with Gasteiger partial charge in [0.1, 0.15) is 34.9 Å². The first-order valence-electron chi connectivity index (χ1n) is 31.5. The standard InChI is InChI=1S/C59H86N12O12.C4H10.C3H8.C2H6.C2H2/c1-34(2)26-44-55(79)64-52(37(7)8)59(83)66(14)31-48(73)62-39(10)53(77)63-40(11)56(80)70(18)47(28-36(5)6)58(82)71(19)46(27-35(3)4)57(81)67(15)33-51(76)69(17)45(54(78)61-30-49(74)65(13)32-50(75)68(44)16)29-38(9)24-25-60-43-22-20-42(21-23-43)41(12)72;1-4(2)3;1-3-2;2*1-2/h20-23,26-28,34-36,40,45,60H,9-10,24-25,29-33H2,1-8,11-19H3,(H,61,78)(H,62,73)(H,63,77)(H,64,79);4H,1-3H3;3H2,1-2H3;1-2H3;1-2H/b44-26+,46-27-,47-28-;;;;/t40-,45?;;;;/m1..../s1. The molecule has 2 atom stereocenters. The number of rotatable bonds is 10. The molecule has 1 aliphatic rings. The first-order chi connectivity index (χ1) is 43.6. The molecule has 24 heteroatoms. The fourth-order valence-electron chi connectivity index (χ4n) is 7.98. The average molecular weight is 1310 g/mol. The number of terminal acetylenes is 1. The summed E-state index contributed by atoms with van der Waals surface area (Å²) < 4.78 is 0. The van der Waals surface area contributed by atoms with Crippen molar-refractivity contribution in [2.75, 3.05) is 87.4 Å². The minimum atomic E-state index is -1.33. The van der Waals surface area contributed by atoms with Gasteiger partial charge in [-0.3, -0.25) is 57.5 Å². The summed E-state index contributed by atoms with van der Waals surface area (Å²) in [5.74, 6) is -9.11. The van der Waals surface area contributed by atoms with Crippen LogP contribution in [0.4, 0.5) is 5.69 Å². The Morgan fingerprint density at radius 3 is 1.55 bits per heavy atom. The van der Waals surface area contributed by atoms with E-state index in [9.17, 15) is 57.5 Å². The maximum absolute atomic E-state index is 14.5. The van der Waals surface area contributed by atoms with E-state index in [1.807, 2.05) is 13.8 Å². The fraction of sp³-hybridized carbons (Fsp3) is 0.543. The number of carbonyl (C=O) groups excluding carboxylic acids is 12. The molecule has 1 aromatic carbocycles. The summed E-state index contributed by atoms with van der Waals surface area (Å²) in [4.78, 5) is 173. The van der Waals surface area contributed by atoms with E-state index in [0.29, 0.717) is 35.4 Å². The van der Waals surface area contributed by atoms with Crippen LogP contribution in [0.1, 0.15) is 147 Å². The average Bonchev–Trinajstić information content (AvgIpc) is 0.841. The molecule has 24 nitrogen and oxygen atoms in total. The van der Waals surface area contributed by atoms with E-state index < -0.39 is 109 Å². The molecule has 1 aliphatic heterocycles. The van der Waals surface area contributed by atoms with Gasteiger partial charge >= 0.3 is 0 Å². The first-order valence-corrected chi connectivity index (χ1v) is 31.5. The highest BCUT2D eigenvalue weighted by Gasteiger charge is 2.35. The number of likely N-dealkylation sites (N-methyl/N-ethyl adjacent to an activating group) is 7. The quantitative estimate of drug-likeness (QED) is 0.0693. The highest BCUT2D eigenvalue weighted by molar-refractivity contribution is 6.07. The van der Waals surface area contributed by atoms with Crippen molar-refractivity contribution in [1.29, 1.82) is 0 Å². The van der Waals surface area contributed by atoms with Gasteiger partial charge in [0.05, 0.1) is 31.9 Å². The molecule has 0 spiro atoms. The van der Waals surface area contributed by atoms with Crippen LogP contribution in [0.2, 0.25) is 0 Å². The Morgan fingerprint density at radius 2 is 1.09 bits per heavy atom. The molecule has 524 valence electrons. The van der Waals surface area contributed by atoms with Crippen LogP contribution in [0.5, 0.6) is 0 Å². The molecule has 1 unspecified atom stereocenters. The van der Waals surface area contributed by atoms with Gasteiger partial charge in [0.25, 0.3) is 29.5 Å². The molecule has 0 radical (unpaired) electrons. The lowest BCUT2D eigenvalue weighted by molar-refractivity contribution is -0.143. The number of allylic oxidation sites excluding steroid dienone is 4. The van der Waals surface area contributed by atoms with Gasteiger partial charge in [-0.1, -0.05) is 133 Å². The number of anilines is 1. The summed E-state index contributed by atoms with van der Waals surface area (Å²) in [5.41, 5.74) is 0.846. The van der Waals surface area contributed by atoms with Crippen molar-refractivity contribution in [3.05, 3.63) is 101 Å². The number of hydrogen-bond acceptors (Lipinski definition) is 13. The second-order valence-electron chi connectivity index (χ2n) is 24.2. The molecule has 1 saturated heterocycles. The van der Waals surface area contributed by atoms with E-state index in [1.54, 1.807) is 65.8 Å². The maximum atomic E-state index is 14.5. The minimum absolute atomic E-state index is 0.0920. The summed E-state index contributed by atoms with van der Waals surface area (Å²) >= 11 is 0. The Balaban J connectivity index is -0.00000702. The molecule has 0 aliphatic carbocycles. The highest BCUT2D eigenvalue weighted by atomic mass is 16.2. The molecule has 0 aromatic heterocycles. The molecule has 1 fully saturated rings. The summed E-state index contributed by atoms with van der Waals surface area (Å²) in [6, 6.07) is 4.22. The van der Waals surface area contributed by atoms with Crippen molar-refractivity contribution in [3.63, 3.8) is 0 Å². The Labute approximate surface area is 561 Å². The molecule has 2 rings (SSSR count). The Morgan fingerprint density at radius 1 is 0.628 bits per heavy atom. The van der Waals surface area contributed by atoms with Crippen molar-refractivity contribution in [1.82, 2.24) is 55.6 Å². The molecular weight excluding hydrogens is 1200 g/mol. The molecular formula is C70H112N12O12. The van der Waals surface area contributed by atoms with Crippen LogP contribution in [-0.4, -0.2) is 199 Å². The number of nitrogens with one attached hydrogen (secondary N) is 5. The molecule has 1 aromatic rings. The van der Waals surface area contributed by atoms with Gasteiger partial charge in [-0.2, -0.15) is 0 Å². The topological polar surface area (TPSA) is 288 Å². The van der Waals surface area contributed by atoms with E-state index in [-0.39, 0.29) is 52.7 Å². The van der Waals surface area contributed by atoms with Crippen LogP contribution >= 0.6 is 0 Å². The zero-order valence-corrected chi connectivity index (χ0v) is 60.8. The van der Waals surface area contributed by atoms with E-state index in [2.05, 4.69) is 87.2 Å². The second kappa shape index (κ2) is 45.2. The zero-order chi connectivity index (χ0) is 73.8. The minimum Gasteiger partial charge on any atom is -0.385 e. The van der Waals surface area contributed by atoms with Crippen LogP contribution in [0.15, 0.2) is 95.3 Å². The lowest BCUT2D eigenvalue weighted by Crippen LogP contribution is -2.53. The largest absolute Gasteiger partial charge is 0.385 e. The van der Waals surface area contributed by atoms with Gasteiger partial charge in [-0.05, 0) is 94.0 Å². The highest BCUT2D eigenvalue weighted by Crippen LogP contribution is 2.21. The van der Waals surface area contributed by atoms with Gasteiger partial charge in [-0.15, -0.1) is 12.8 Å². The van der Waals surface area contributed by atoms with E-state index in [1.165, 1.54) is 102 Å². The molecule has 5 N–H and O–H groups in total. The number of nitrogens with zero attached hydrogens (tertiary/aromatic N) is 7. The summed E-state index contributed by atoms with van der Waals surface area (Å²) in [6.07, 6.45) is 13.9. The van der Waals surface area contributed by atoms with Crippen LogP contribution in [-0.2, 0) is 52.7 Å². The predicted octanol–water partition coefficient (Wildman–Crippen LogP) is 6.86. The van der Waals surface area contributed by atoms with Gasteiger partial charge < -0.3 is 60.9 Å². The number of Topliss-reactive ketones (excluding diaryl/α,β-unsaturated/α-hetero) is 1. The lowest BCUT2D eigenvalue weighted by atomic mass is 10.0. The molecule has 0 bridgehead atoms. The van der Waals surface area contributed by atoms with Crippen LogP contribution in [0.3, 0.4) is 0 Å². The van der Waals surface area contributed by atoms with Crippen molar-refractivity contribution in [3.8, 4) is 12.8 Å². The molecule has 94 heavy (non-hydrogen) atoms. The normalized spacial score (nSPS) is 18.6. The third-order valence-electron chi connectivity index (χ3n) is 12.9. The third-order valence-corrected chi connectivity index (χ3v) is 12.9. The van der Waals surface area contributed by atoms with Crippen molar-refractivity contribution in [2.45, 2.75) is 149 Å². The van der Waals surface area contributed by atoms with Crippen LogP contribution in [0.25, 0.3) is 0 Å². The first kappa shape index (κ1) is 89.1. The number of ketones is 1. The Bertz CT molecular complexity index is 2950. The van der Waals surface area contributed by atoms with Crippen molar-refractivity contribution < 1.29 is 57.5 Å². The number of amides is 11. The number of benzene rings is 1. The second-order valence-corrected chi connectivity index (χ2v) is 24.2. The molecule has 11 amide bonds. The zero-order valence-electron chi connectivity index (χ0n) is 60.8. The van der Waals surface area contributed by atoms with E-state index in [0.717, 1.165) is 40.2 Å². The Hall–Kier alpha value is -9.14. The smallest absolute Gasteiger partial charge is 0.274 e. The number of hydrogen-bond donors (Lipinski definition) is 5. The molecule has 0 saturated carbocycles. The lowest BCUT2D eigenvalue weighted by Gasteiger charge is -2.32. The van der Waals surface area contributed by atoms with Gasteiger partial charge in [0.15, 0.2) is 5.78 Å². The summed E-state index contributed by atoms with van der Waals surface area (Å²) in [5, 5.41) is 13.1.